The van der Waals surface area contributed by atoms with Crippen molar-refractivity contribution in [1.29, 1.82) is 0 Å². The summed E-state index contributed by atoms with van der Waals surface area (Å²) in [7, 11) is 0. The Morgan fingerprint density at radius 1 is 1.12 bits per heavy atom. The van der Waals surface area contributed by atoms with Gasteiger partial charge >= 0.3 is 6.03 Å². The normalized spacial score (nSPS) is 15.9. The lowest BCUT2D eigenvalue weighted by Crippen LogP contribution is -2.51. The number of carbonyl (C=O) groups excluding carboxylic acids is 1. The number of halogens is 1. The van der Waals surface area contributed by atoms with Crippen molar-refractivity contribution in [2.45, 2.75) is 6.54 Å². The Labute approximate surface area is 156 Å². The second kappa shape index (κ2) is 7.29. The molecule has 26 heavy (non-hydrogen) atoms. The quantitative estimate of drug-likeness (QED) is 0.894. The van der Waals surface area contributed by atoms with Crippen molar-refractivity contribution in [3.8, 4) is 11.5 Å². The number of rotatable bonds is 3. The van der Waals surface area contributed by atoms with Crippen LogP contribution in [0.25, 0.3) is 0 Å². The van der Waals surface area contributed by atoms with Gasteiger partial charge in [-0.3, -0.25) is 0 Å². The number of hydrogen-bond donors (Lipinski definition) is 1. The van der Waals surface area contributed by atoms with Gasteiger partial charge in [-0.2, -0.15) is 0 Å². The monoisotopic (exact) mass is 374 g/mol. The fourth-order valence-corrected chi connectivity index (χ4v) is 3.15. The van der Waals surface area contributed by atoms with E-state index in [9.17, 15) is 4.79 Å². The Morgan fingerprint density at radius 2 is 1.92 bits per heavy atom. The van der Waals surface area contributed by atoms with Crippen molar-refractivity contribution in [1.82, 2.24) is 15.2 Å². The zero-order chi connectivity index (χ0) is 17.9. The molecule has 2 aliphatic heterocycles. The van der Waals surface area contributed by atoms with Crippen LogP contribution in [0.15, 0.2) is 36.5 Å². The first-order valence-electron chi connectivity index (χ1n) is 8.47. The van der Waals surface area contributed by atoms with E-state index in [-0.39, 0.29) is 12.8 Å². The second-order valence-electron chi connectivity index (χ2n) is 6.16. The van der Waals surface area contributed by atoms with Crippen LogP contribution in [0, 0.1) is 0 Å². The lowest BCUT2D eigenvalue weighted by atomic mass is 10.2. The van der Waals surface area contributed by atoms with Gasteiger partial charge in [0.15, 0.2) is 11.5 Å². The lowest BCUT2D eigenvalue weighted by molar-refractivity contribution is 0.174. The zero-order valence-electron chi connectivity index (χ0n) is 14.2. The van der Waals surface area contributed by atoms with Crippen LogP contribution in [0.4, 0.5) is 10.6 Å². The van der Waals surface area contributed by atoms with E-state index in [1.165, 1.54) is 0 Å². The molecule has 0 radical (unpaired) electrons. The summed E-state index contributed by atoms with van der Waals surface area (Å²) < 4.78 is 10.7. The molecule has 0 unspecified atom stereocenters. The van der Waals surface area contributed by atoms with Gasteiger partial charge in [0.2, 0.25) is 6.79 Å². The standard InChI is InChI=1S/C18H19ClN4O3/c19-14-2-4-17(20-11-14)22-5-7-23(8-6-22)18(24)21-10-13-1-3-15-16(9-13)26-12-25-15/h1-4,9,11H,5-8,10,12H2,(H,21,24). The average molecular weight is 375 g/mol. The Morgan fingerprint density at radius 3 is 2.69 bits per heavy atom. The van der Waals surface area contributed by atoms with Crippen LogP contribution in [0.3, 0.4) is 0 Å². The SMILES string of the molecule is O=C(NCc1ccc2c(c1)OCO2)N1CCN(c2ccc(Cl)cn2)CC1. The molecule has 0 aliphatic carbocycles. The van der Waals surface area contributed by atoms with Crippen LogP contribution in [-0.2, 0) is 6.54 Å². The van der Waals surface area contributed by atoms with E-state index in [2.05, 4.69) is 15.2 Å². The van der Waals surface area contributed by atoms with E-state index in [4.69, 9.17) is 21.1 Å². The first-order valence-corrected chi connectivity index (χ1v) is 8.85. The molecule has 1 fully saturated rings. The maximum absolute atomic E-state index is 12.4. The minimum atomic E-state index is -0.0635. The molecule has 7 nitrogen and oxygen atoms in total. The molecule has 0 spiro atoms. The molecule has 0 atom stereocenters. The number of piperazine rings is 1. The number of pyridine rings is 1. The van der Waals surface area contributed by atoms with Gasteiger partial charge in [-0.05, 0) is 29.8 Å². The first-order chi connectivity index (χ1) is 12.7. The maximum atomic E-state index is 12.4. The Hall–Kier alpha value is -2.67. The summed E-state index contributed by atoms with van der Waals surface area (Å²) in [6.45, 7) is 3.49. The molecule has 2 amide bonds. The van der Waals surface area contributed by atoms with E-state index in [0.717, 1.165) is 36.0 Å². The molecule has 2 aliphatic rings. The highest BCUT2D eigenvalue weighted by atomic mass is 35.5. The third kappa shape index (κ3) is 3.62. The van der Waals surface area contributed by atoms with E-state index >= 15 is 0 Å². The van der Waals surface area contributed by atoms with Gasteiger partial charge in [0.05, 0.1) is 5.02 Å². The first kappa shape index (κ1) is 16.8. The molecule has 1 N–H and O–H groups in total. The number of carbonyl (C=O) groups is 1. The molecule has 0 bridgehead atoms. The highest BCUT2D eigenvalue weighted by Crippen LogP contribution is 2.32. The number of nitrogens with one attached hydrogen (secondary N) is 1. The van der Waals surface area contributed by atoms with Crippen molar-refractivity contribution in [2.24, 2.45) is 0 Å². The maximum Gasteiger partial charge on any atom is 0.317 e. The molecule has 0 saturated carbocycles. The predicted octanol–water partition coefficient (Wildman–Crippen LogP) is 2.50. The number of nitrogens with zero attached hydrogens (tertiary/aromatic N) is 3. The number of amides is 2. The topological polar surface area (TPSA) is 66.9 Å². The van der Waals surface area contributed by atoms with Crippen LogP contribution >= 0.6 is 11.6 Å². The summed E-state index contributed by atoms with van der Waals surface area (Å²) in [4.78, 5) is 20.7. The number of hydrogen-bond acceptors (Lipinski definition) is 5. The number of anilines is 1. The largest absolute Gasteiger partial charge is 0.454 e. The van der Waals surface area contributed by atoms with Gasteiger partial charge in [-0.15, -0.1) is 0 Å². The van der Waals surface area contributed by atoms with Crippen molar-refractivity contribution in [2.75, 3.05) is 37.9 Å². The van der Waals surface area contributed by atoms with Crippen molar-refractivity contribution >= 4 is 23.4 Å². The van der Waals surface area contributed by atoms with Gasteiger partial charge < -0.3 is 24.6 Å². The summed E-state index contributed by atoms with van der Waals surface area (Å²) >= 11 is 5.87. The van der Waals surface area contributed by atoms with Crippen molar-refractivity contribution in [3.05, 3.63) is 47.1 Å². The Kier molecular flexibility index (Phi) is 4.71. The van der Waals surface area contributed by atoms with Gasteiger partial charge in [0.25, 0.3) is 0 Å². The third-order valence-electron chi connectivity index (χ3n) is 4.48. The van der Waals surface area contributed by atoms with Crippen molar-refractivity contribution in [3.63, 3.8) is 0 Å². The molecule has 136 valence electrons. The summed E-state index contributed by atoms with van der Waals surface area (Å²) in [5.74, 6) is 2.35. The van der Waals surface area contributed by atoms with Crippen molar-refractivity contribution < 1.29 is 14.3 Å². The second-order valence-corrected chi connectivity index (χ2v) is 6.59. The Balaban J connectivity index is 1.27. The van der Waals surface area contributed by atoms with Crippen LogP contribution < -0.4 is 19.7 Å². The van der Waals surface area contributed by atoms with Crippen LogP contribution in [0.1, 0.15) is 5.56 Å². The number of urea groups is 1. The third-order valence-corrected chi connectivity index (χ3v) is 4.71. The highest BCUT2D eigenvalue weighted by Gasteiger charge is 2.22. The number of fused-ring (bicyclic) bond motifs is 1. The molecule has 1 aromatic heterocycles. The summed E-state index contributed by atoms with van der Waals surface area (Å²) in [6.07, 6.45) is 1.64. The molecule has 4 rings (SSSR count). The lowest BCUT2D eigenvalue weighted by Gasteiger charge is -2.35. The highest BCUT2D eigenvalue weighted by molar-refractivity contribution is 6.30. The zero-order valence-corrected chi connectivity index (χ0v) is 14.9. The van der Waals surface area contributed by atoms with Crippen LogP contribution in [-0.4, -0.2) is 48.9 Å². The number of ether oxygens (including phenoxy) is 2. The van der Waals surface area contributed by atoms with Gasteiger partial charge in [0.1, 0.15) is 5.82 Å². The average Bonchev–Trinajstić information content (AvgIpc) is 3.15. The summed E-state index contributed by atoms with van der Waals surface area (Å²) in [5, 5.41) is 3.58. The van der Waals surface area contributed by atoms with E-state index in [1.807, 2.05) is 35.2 Å². The van der Waals surface area contributed by atoms with E-state index in [1.54, 1.807) is 6.20 Å². The minimum Gasteiger partial charge on any atom is -0.454 e. The Bertz CT molecular complexity index is 792. The fraction of sp³-hybridized carbons (Fsp3) is 0.333. The number of benzene rings is 1. The van der Waals surface area contributed by atoms with Gasteiger partial charge in [-0.1, -0.05) is 17.7 Å². The van der Waals surface area contributed by atoms with Gasteiger partial charge in [-0.25, -0.2) is 9.78 Å². The molecular formula is C18H19ClN4O3. The number of aromatic nitrogens is 1. The van der Waals surface area contributed by atoms with E-state index in [0.29, 0.717) is 24.7 Å². The molecule has 1 saturated heterocycles. The van der Waals surface area contributed by atoms with E-state index < -0.39 is 0 Å². The van der Waals surface area contributed by atoms with Crippen LogP contribution in [0.2, 0.25) is 5.02 Å². The summed E-state index contributed by atoms with van der Waals surface area (Å²) in [5.41, 5.74) is 0.978. The predicted molar refractivity (Wildman–Crippen MR) is 97.8 cm³/mol. The fourth-order valence-electron chi connectivity index (χ4n) is 3.03. The molecule has 3 heterocycles. The summed E-state index contributed by atoms with van der Waals surface area (Å²) in [6, 6.07) is 9.35. The molecular weight excluding hydrogens is 356 g/mol. The van der Waals surface area contributed by atoms with Gasteiger partial charge in [0, 0.05) is 38.9 Å². The molecule has 8 heteroatoms. The minimum absolute atomic E-state index is 0.0635. The van der Waals surface area contributed by atoms with Crippen LogP contribution in [0.5, 0.6) is 11.5 Å². The molecule has 2 aromatic rings. The molecule has 1 aromatic carbocycles. The smallest absolute Gasteiger partial charge is 0.317 e.